The molecule has 0 saturated carbocycles. The normalized spacial score (nSPS) is 10.3. The van der Waals surface area contributed by atoms with Gasteiger partial charge in [-0.25, -0.2) is 0 Å². The molecule has 0 atom stereocenters. The number of hydrogen-bond donors (Lipinski definition) is 1. The minimum absolute atomic E-state index is 0.0188. The summed E-state index contributed by atoms with van der Waals surface area (Å²) in [6.45, 7) is 0.0188. The maximum absolute atomic E-state index is 9.15. The maximum Gasteiger partial charge on any atom is 0.0855 e. The number of aliphatic hydroxyl groups excluding tert-OH is 1. The van der Waals surface area contributed by atoms with E-state index in [2.05, 4.69) is 17.1 Å². The van der Waals surface area contributed by atoms with Crippen LogP contribution in [0.4, 0.5) is 0 Å². The monoisotopic (exact) mass is 213 g/mol. The highest BCUT2D eigenvalue weighted by atomic mass is 16.3. The predicted molar refractivity (Wildman–Crippen MR) is 64.0 cm³/mol. The van der Waals surface area contributed by atoms with Gasteiger partial charge in [0.25, 0.3) is 0 Å². The third-order valence-corrected chi connectivity index (χ3v) is 2.66. The first-order valence-electron chi connectivity index (χ1n) is 5.47. The van der Waals surface area contributed by atoms with Gasteiger partial charge in [0.15, 0.2) is 0 Å². The van der Waals surface area contributed by atoms with Crippen molar-refractivity contribution >= 4 is 0 Å². The third-order valence-electron chi connectivity index (χ3n) is 2.66. The van der Waals surface area contributed by atoms with E-state index in [0.29, 0.717) is 0 Å². The molecule has 1 N–H and O–H groups in total. The van der Waals surface area contributed by atoms with E-state index in [9.17, 15) is 0 Å². The molecule has 0 aliphatic carbocycles. The summed E-state index contributed by atoms with van der Waals surface area (Å²) in [5, 5.41) is 9.15. The Morgan fingerprint density at radius 2 is 1.75 bits per heavy atom. The van der Waals surface area contributed by atoms with Crippen molar-refractivity contribution in [1.29, 1.82) is 0 Å². The summed E-state index contributed by atoms with van der Waals surface area (Å²) < 4.78 is 0. The highest BCUT2D eigenvalue weighted by Crippen LogP contribution is 2.10. The maximum atomic E-state index is 9.15. The standard InChI is InChI=1S/C14H15NO/c16-11-14-13(7-4-10-15-14)9-8-12-5-2-1-3-6-12/h1-7,10,16H,8-9,11H2. The lowest BCUT2D eigenvalue weighted by atomic mass is 10.0. The van der Waals surface area contributed by atoms with Crippen LogP contribution < -0.4 is 0 Å². The zero-order valence-electron chi connectivity index (χ0n) is 9.13. The molecule has 2 aromatic rings. The number of aromatic nitrogens is 1. The fraction of sp³-hybridized carbons (Fsp3) is 0.214. The van der Waals surface area contributed by atoms with Gasteiger partial charge in [0.05, 0.1) is 12.3 Å². The fourth-order valence-corrected chi connectivity index (χ4v) is 1.76. The van der Waals surface area contributed by atoms with Crippen molar-refractivity contribution in [3.05, 3.63) is 65.5 Å². The summed E-state index contributed by atoms with van der Waals surface area (Å²) in [5.74, 6) is 0. The molecule has 0 fully saturated rings. The molecule has 2 nitrogen and oxygen atoms in total. The Balaban J connectivity index is 2.05. The van der Waals surface area contributed by atoms with E-state index in [-0.39, 0.29) is 6.61 Å². The largest absolute Gasteiger partial charge is 0.390 e. The van der Waals surface area contributed by atoms with E-state index in [0.717, 1.165) is 24.1 Å². The molecule has 2 heteroatoms. The SMILES string of the molecule is OCc1ncccc1CCc1ccccc1. The topological polar surface area (TPSA) is 33.1 Å². The van der Waals surface area contributed by atoms with E-state index in [4.69, 9.17) is 5.11 Å². The van der Waals surface area contributed by atoms with Gasteiger partial charge < -0.3 is 5.11 Å². The number of hydrogen-bond acceptors (Lipinski definition) is 2. The second kappa shape index (κ2) is 5.42. The Bertz CT molecular complexity index is 439. The van der Waals surface area contributed by atoms with E-state index >= 15 is 0 Å². The zero-order chi connectivity index (χ0) is 11.2. The Hall–Kier alpha value is -1.67. The first-order chi connectivity index (χ1) is 7.90. The fourth-order valence-electron chi connectivity index (χ4n) is 1.76. The van der Waals surface area contributed by atoms with Crippen LogP contribution >= 0.6 is 0 Å². The lowest BCUT2D eigenvalue weighted by molar-refractivity contribution is 0.275. The summed E-state index contributed by atoms with van der Waals surface area (Å²) in [5.41, 5.74) is 3.24. The molecule has 16 heavy (non-hydrogen) atoms. The van der Waals surface area contributed by atoms with Crippen LogP contribution in [-0.2, 0) is 19.4 Å². The molecule has 1 aromatic carbocycles. The molecule has 0 amide bonds. The van der Waals surface area contributed by atoms with E-state index in [1.54, 1.807) is 6.20 Å². The number of aliphatic hydroxyl groups is 1. The summed E-state index contributed by atoms with van der Waals surface area (Å²) in [6.07, 6.45) is 3.63. The van der Waals surface area contributed by atoms with Crippen LogP contribution in [0.1, 0.15) is 16.8 Å². The second-order valence-corrected chi connectivity index (χ2v) is 3.75. The smallest absolute Gasteiger partial charge is 0.0855 e. The predicted octanol–water partition coefficient (Wildman–Crippen LogP) is 2.36. The Morgan fingerprint density at radius 1 is 0.938 bits per heavy atom. The van der Waals surface area contributed by atoms with Gasteiger partial charge in [-0.1, -0.05) is 36.4 Å². The van der Waals surface area contributed by atoms with Crippen LogP contribution in [-0.4, -0.2) is 10.1 Å². The van der Waals surface area contributed by atoms with E-state index in [1.165, 1.54) is 5.56 Å². The Morgan fingerprint density at radius 3 is 2.50 bits per heavy atom. The second-order valence-electron chi connectivity index (χ2n) is 3.75. The minimum atomic E-state index is 0.0188. The van der Waals surface area contributed by atoms with Crippen molar-refractivity contribution in [3.63, 3.8) is 0 Å². The van der Waals surface area contributed by atoms with Crippen molar-refractivity contribution in [2.75, 3.05) is 0 Å². The molecule has 0 radical (unpaired) electrons. The van der Waals surface area contributed by atoms with Crippen molar-refractivity contribution in [2.24, 2.45) is 0 Å². The number of benzene rings is 1. The van der Waals surface area contributed by atoms with Gasteiger partial charge >= 0.3 is 0 Å². The Labute approximate surface area is 95.6 Å². The Kier molecular flexibility index (Phi) is 3.67. The number of aryl methyl sites for hydroxylation is 2. The molecule has 0 saturated heterocycles. The van der Waals surface area contributed by atoms with Gasteiger partial charge in [-0.15, -0.1) is 0 Å². The molecule has 1 aromatic heterocycles. The molecule has 0 aliphatic heterocycles. The highest BCUT2D eigenvalue weighted by Gasteiger charge is 2.02. The molecule has 1 heterocycles. The quantitative estimate of drug-likeness (QED) is 0.845. The number of rotatable bonds is 4. The highest BCUT2D eigenvalue weighted by molar-refractivity contribution is 5.22. The summed E-state index contributed by atoms with van der Waals surface area (Å²) >= 11 is 0. The average molecular weight is 213 g/mol. The molecule has 0 bridgehead atoms. The summed E-state index contributed by atoms with van der Waals surface area (Å²) in [7, 11) is 0. The first-order valence-corrected chi connectivity index (χ1v) is 5.47. The molecule has 0 spiro atoms. The molecule has 2 rings (SSSR count). The number of nitrogens with zero attached hydrogens (tertiary/aromatic N) is 1. The van der Waals surface area contributed by atoms with Crippen molar-refractivity contribution in [1.82, 2.24) is 4.98 Å². The van der Waals surface area contributed by atoms with Gasteiger partial charge in [-0.05, 0) is 30.0 Å². The molecule has 0 unspecified atom stereocenters. The van der Waals surface area contributed by atoms with E-state index < -0.39 is 0 Å². The average Bonchev–Trinajstić information content (AvgIpc) is 2.38. The zero-order valence-corrected chi connectivity index (χ0v) is 9.13. The minimum Gasteiger partial charge on any atom is -0.390 e. The van der Waals surface area contributed by atoms with Crippen LogP contribution in [0.5, 0.6) is 0 Å². The molecule has 0 aliphatic rings. The van der Waals surface area contributed by atoms with Crippen molar-refractivity contribution in [3.8, 4) is 0 Å². The van der Waals surface area contributed by atoms with Crippen LogP contribution in [0.2, 0.25) is 0 Å². The van der Waals surface area contributed by atoms with Crippen LogP contribution in [0.3, 0.4) is 0 Å². The third kappa shape index (κ3) is 2.67. The van der Waals surface area contributed by atoms with Crippen LogP contribution in [0.15, 0.2) is 48.7 Å². The number of pyridine rings is 1. The molecule has 82 valence electrons. The van der Waals surface area contributed by atoms with Crippen molar-refractivity contribution < 1.29 is 5.11 Å². The van der Waals surface area contributed by atoms with Crippen LogP contribution in [0, 0.1) is 0 Å². The molecular weight excluding hydrogens is 198 g/mol. The van der Waals surface area contributed by atoms with Gasteiger partial charge in [0.1, 0.15) is 0 Å². The first kappa shape index (κ1) is 10.8. The summed E-state index contributed by atoms with van der Waals surface area (Å²) in [6, 6.07) is 14.3. The van der Waals surface area contributed by atoms with Gasteiger partial charge in [-0.3, -0.25) is 4.98 Å². The van der Waals surface area contributed by atoms with Gasteiger partial charge in [0, 0.05) is 6.20 Å². The molecular formula is C14H15NO. The lowest BCUT2D eigenvalue weighted by Gasteiger charge is -2.05. The van der Waals surface area contributed by atoms with E-state index in [1.807, 2.05) is 30.3 Å². The van der Waals surface area contributed by atoms with Crippen LogP contribution in [0.25, 0.3) is 0 Å². The van der Waals surface area contributed by atoms with Gasteiger partial charge in [0.2, 0.25) is 0 Å². The van der Waals surface area contributed by atoms with Gasteiger partial charge in [-0.2, -0.15) is 0 Å². The van der Waals surface area contributed by atoms with Crippen molar-refractivity contribution in [2.45, 2.75) is 19.4 Å². The summed E-state index contributed by atoms with van der Waals surface area (Å²) in [4.78, 5) is 4.16. The lowest BCUT2D eigenvalue weighted by Crippen LogP contribution is -1.99.